The van der Waals surface area contributed by atoms with Crippen molar-refractivity contribution in [3.63, 3.8) is 0 Å². The second-order valence-corrected chi connectivity index (χ2v) is 6.12. The van der Waals surface area contributed by atoms with Crippen LogP contribution in [0.4, 0.5) is 0 Å². The molecule has 7 heteroatoms. The first kappa shape index (κ1) is 15.9. The third-order valence-electron chi connectivity index (χ3n) is 4.04. The fourth-order valence-corrected chi connectivity index (χ4v) is 2.95. The van der Waals surface area contributed by atoms with Crippen LogP contribution >= 0.6 is 0 Å². The highest BCUT2D eigenvalue weighted by molar-refractivity contribution is 5.99. The maximum atomic E-state index is 12.5. The van der Waals surface area contributed by atoms with Crippen molar-refractivity contribution in [3.8, 4) is 0 Å². The predicted octanol–water partition coefficient (Wildman–Crippen LogP) is 0.797. The summed E-state index contributed by atoms with van der Waals surface area (Å²) >= 11 is 0. The summed E-state index contributed by atoms with van der Waals surface area (Å²) in [5, 5.41) is 7.32. The fourth-order valence-electron chi connectivity index (χ4n) is 2.95. The number of nitrogens with one attached hydrogen (secondary N) is 1. The van der Waals surface area contributed by atoms with E-state index in [4.69, 9.17) is 4.74 Å². The summed E-state index contributed by atoms with van der Waals surface area (Å²) in [6.07, 6.45) is 1.59. The zero-order chi connectivity index (χ0) is 16.4. The fraction of sp³-hybridized carbons (Fsp3) is 0.562. The zero-order valence-corrected chi connectivity index (χ0v) is 13.9. The summed E-state index contributed by atoms with van der Waals surface area (Å²) in [4.78, 5) is 19.3. The van der Waals surface area contributed by atoms with Crippen LogP contribution in [0.5, 0.6) is 0 Å². The SMILES string of the molecule is Cc1cc(C)n2ncc(C(=O)NC(C)CN3CCOCC3)c2n1. The third kappa shape index (κ3) is 3.51. The van der Waals surface area contributed by atoms with E-state index >= 15 is 0 Å². The molecule has 0 bridgehead atoms. The van der Waals surface area contributed by atoms with Gasteiger partial charge in [0, 0.05) is 37.1 Å². The van der Waals surface area contributed by atoms with E-state index in [0.29, 0.717) is 11.2 Å². The van der Waals surface area contributed by atoms with Gasteiger partial charge in [0.2, 0.25) is 0 Å². The normalized spacial score (nSPS) is 17.3. The Labute approximate surface area is 135 Å². The van der Waals surface area contributed by atoms with Crippen LogP contribution in [0.1, 0.15) is 28.7 Å². The number of hydrogen-bond acceptors (Lipinski definition) is 5. The Bertz CT molecular complexity index is 706. The van der Waals surface area contributed by atoms with E-state index in [1.165, 1.54) is 0 Å². The van der Waals surface area contributed by atoms with Crippen LogP contribution in [0.15, 0.2) is 12.3 Å². The first-order valence-corrected chi connectivity index (χ1v) is 7.97. The minimum atomic E-state index is -0.127. The maximum absolute atomic E-state index is 12.5. The minimum absolute atomic E-state index is 0.0569. The predicted molar refractivity (Wildman–Crippen MR) is 86.6 cm³/mol. The number of rotatable bonds is 4. The number of ether oxygens (including phenoxy) is 1. The summed E-state index contributed by atoms with van der Waals surface area (Å²) in [6.45, 7) is 10.1. The van der Waals surface area contributed by atoms with Crippen molar-refractivity contribution in [2.75, 3.05) is 32.8 Å². The summed E-state index contributed by atoms with van der Waals surface area (Å²) in [7, 11) is 0. The number of morpholine rings is 1. The van der Waals surface area contributed by atoms with Crippen LogP contribution in [0.2, 0.25) is 0 Å². The molecule has 0 spiro atoms. The van der Waals surface area contributed by atoms with Crippen molar-refractivity contribution in [2.24, 2.45) is 0 Å². The highest BCUT2D eigenvalue weighted by Crippen LogP contribution is 2.12. The van der Waals surface area contributed by atoms with Crippen molar-refractivity contribution in [1.82, 2.24) is 24.8 Å². The van der Waals surface area contributed by atoms with Gasteiger partial charge in [0.25, 0.3) is 5.91 Å². The van der Waals surface area contributed by atoms with Crippen molar-refractivity contribution >= 4 is 11.6 Å². The largest absolute Gasteiger partial charge is 0.379 e. The topological polar surface area (TPSA) is 71.8 Å². The highest BCUT2D eigenvalue weighted by Gasteiger charge is 2.19. The molecule has 0 aromatic carbocycles. The number of nitrogens with zero attached hydrogens (tertiary/aromatic N) is 4. The van der Waals surface area contributed by atoms with Crippen LogP contribution in [0.25, 0.3) is 5.65 Å². The minimum Gasteiger partial charge on any atom is -0.379 e. The Morgan fingerprint density at radius 3 is 2.87 bits per heavy atom. The van der Waals surface area contributed by atoms with E-state index in [9.17, 15) is 4.79 Å². The summed E-state index contributed by atoms with van der Waals surface area (Å²) < 4.78 is 7.05. The molecule has 23 heavy (non-hydrogen) atoms. The molecular formula is C16H23N5O2. The maximum Gasteiger partial charge on any atom is 0.257 e. The van der Waals surface area contributed by atoms with Crippen molar-refractivity contribution in [1.29, 1.82) is 0 Å². The van der Waals surface area contributed by atoms with Gasteiger partial charge in [-0.1, -0.05) is 0 Å². The molecule has 1 atom stereocenters. The van der Waals surface area contributed by atoms with Gasteiger partial charge in [-0.05, 0) is 26.8 Å². The number of aromatic nitrogens is 3. The Morgan fingerprint density at radius 1 is 1.39 bits per heavy atom. The van der Waals surface area contributed by atoms with E-state index in [-0.39, 0.29) is 11.9 Å². The first-order valence-electron chi connectivity index (χ1n) is 7.97. The lowest BCUT2D eigenvalue weighted by molar-refractivity contribution is 0.0342. The summed E-state index contributed by atoms with van der Waals surface area (Å²) in [5.41, 5.74) is 2.98. The van der Waals surface area contributed by atoms with Crippen molar-refractivity contribution < 1.29 is 9.53 Å². The molecule has 3 rings (SSSR count). The van der Waals surface area contributed by atoms with Crippen LogP contribution < -0.4 is 5.32 Å². The zero-order valence-electron chi connectivity index (χ0n) is 13.9. The van der Waals surface area contributed by atoms with Gasteiger partial charge in [0.05, 0.1) is 19.4 Å². The number of carbonyl (C=O) groups excluding carboxylic acids is 1. The summed E-state index contributed by atoms with van der Waals surface area (Å²) in [5.74, 6) is -0.127. The lowest BCUT2D eigenvalue weighted by Crippen LogP contribution is -2.46. The molecule has 7 nitrogen and oxygen atoms in total. The quantitative estimate of drug-likeness (QED) is 0.903. The van der Waals surface area contributed by atoms with E-state index < -0.39 is 0 Å². The lowest BCUT2D eigenvalue weighted by Gasteiger charge is -2.29. The van der Waals surface area contributed by atoms with Gasteiger partial charge in [-0.3, -0.25) is 9.69 Å². The average molecular weight is 317 g/mol. The Hall–Kier alpha value is -1.99. The molecule has 0 saturated carbocycles. The molecule has 1 unspecified atom stereocenters. The number of aryl methyl sites for hydroxylation is 2. The van der Waals surface area contributed by atoms with Gasteiger partial charge in [-0.2, -0.15) is 5.10 Å². The molecule has 1 aliphatic rings. The molecule has 1 saturated heterocycles. The van der Waals surface area contributed by atoms with E-state index in [2.05, 4.69) is 20.3 Å². The molecule has 1 amide bonds. The molecule has 124 valence electrons. The molecule has 1 N–H and O–H groups in total. The lowest BCUT2D eigenvalue weighted by atomic mass is 10.2. The molecule has 0 aliphatic carbocycles. The molecule has 0 radical (unpaired) electrons. The molecule has 1 aliphatic heterocycles. The smallest absolute Gasteiger partial charge is 0.257 e. The van der Waals surface area contributed by atoms with Crippen LogP contribution in [-0.4, -0.2) is 64.3 Å². The molecule has 2 aromatic rings. The number of hydrogen-bond donors (Lipinski definition) is 1. The summed E-state index contributed by atoms with van der Waals surface area (Å²) in [6, 6.07) is 2.00. The Morgan fingerprint density at radius 2 is 2.13 bits per heavy atom. The van der Waals surface area contributed by atoms with Crippen molar-refractivity contribution in [3.05, 3.63) is 29.2 Å². The second-order valence-electron chi connectivity index (χ2n) is 6.12. The number of carbonyl (C=O) groups is 1. The van der Waals surface area contributed by atoms with Gasteiger partial charge in [-0.25, -0.2) is 9.50 Å². The van der Waals surface area contributed by atoms with Crippen LogP contribution in [0, 0.1) is 13.8 Å². The van der Waals surface area contributed by atoms with E-state index in [1.54, 1.807) is 10.7 Å². The monoisotopic (exact) mass is 317 g/mol. The van der Waals surface area contributed by atoms with Gasteiger partial charge >= 0.3 is 0 Å². The van der Waals surface area contributed by atoms with Gasteiger partial charge in [0.1, 0.15) is 5.56 Å². The molecule has 2 aromatic heterocycles. The number of fused-ring (bicyclic) bond motifs is 1. The molecule has 1 fully saturated rings. The van der Waals surface area contributed by atoms with E-state index in [1.807, 2.05) is 26.8 Å². The first-order chi connectivity index (χ1) is 11.0. The van der Waals surface area contributed by atoms with Gasteiger partial charge < -0.3 is 10.1 Å². The second kappa shape index (κ2) is 6.64. The highest BCUT2D eigenvalue weighted by atomic mass is 16.5. The van der Waals surface area contributed by atoms with Crippen LogP contribution in [0.3, 0.4) is 0 Å². The van der Waals surface area contributed by atoms with Crippen molar-refractivity contribution in [2.45, 2.75) is 26.8 Å². The standard InChI is InChI=1S/C16H23N5O2/c1-11-8-13(3)21-15(18-11)14(9-17-21)16(22)19-12(2)10-20-4-6-23-7-5-20/h8-9,12H,4-7,10H2,1-3H3,(H,19,22). The average Bonchev–Trinajstić information content (AvgIpc) is 2.92. The van der Waals surface area contributed by atoms with Gasteiger partial charge in [0.15, 0.2) is 5.65 Å². The molecular weight excluding hydrogens is 294 g/mol. The number of amides is 1. The Kier molecular flexibility index (Phi) is 4.58. The Balaban J connectivity index is 1.70. The van der Waals surface area contributed by atoms with Crippen LogP contribution in [-0.2, 0) is 4.74 Å². The third-order valence-corrected chi connectivity index (χ3v) is 4.04. The van der Waals surface area contributed by atoms with Gasteiger partial charge in [-0.15, -0.1) is 0 Å². The van der Waals surface area contributed by atoms with E-state index in [0.717, 1.165) is 44.2 Å². The molecule has 3 heterocycles.